The summed E-state index contributed by atoms with van der Waals surface area (Å²) < 4.78 is 0. The highest BCUT2D eigenvalue weighted by atomic mass is 14.9. The molecular weight excluding hydrogens is 186 g/mol. The molecule has 0 aliphatic rings. The van der Waals surface area contributed by atoms with Crippen LogP contribution in [0.4, 0.5) is 0 Å². The van der Waals surface area contributed by atoms with Gasteiger partial charge >= 0.3 is 0 Å². The van der Waals surface area contributed by atoms with Gasteiger partial charge in [0.25, 0.3) is 0 Å². The molecule has 1 aromatic rings. The minimum absolute atomic E-state index is 0.730. The zero-order valence-electron chi connectivity index (χ0n) is 9.95. The maximum Gasteiger partial charge on any atom is 0.141 e. The van der Waals surface area contributed by atoms with E-state index in [1.807, 2.05) is 39.2 Å². The van der Waals surface area contributed by atoms with Gasteiger partial charge in [0.15, 0.2) is 0 Å². The number of hydrogen-bond donors (Lipinski definition) is 1. The molecule has 0 bridgehead atoms. The van der Waals surface area contributed by atoms with Crippen LogP contribution < -0.4 is 5.32 Å². The summed E-state index contributed by atoms with van der Waals surface area (Å²) in [4.78, 5) is 8.35. The van der Waals surface area contributed by atoms with Gasteiger partial charge in [-0.1, -0.05) is 19.9 Å². The lowest BCUT2D eigenvalue weighted by Gasteiger charge is -2.01. The molecule has 0 aliphatic heterocycles. The maximum atomic E-state index is 4.18. The first-order chi connectivity index (χ1) is 7.33. The molecule has 1 heterocycles. The number of aryl methyl sites for hydroxylation is 1. The van der Waals surface area contributed by atoms with Gasteiger partial charge in [-0.3, -0.25) is 0 Å². The zero-order chi connectivity index (χ0) is 11.5. The molecule has 0 radical (unpaired) electrons. The maximum absolute atomic E-state index is 4.18. The average Bonchev–Trinajstić information content (AvgIpc) is 2.30. The molecule has 0 fully saturated rings. The summed E-state index contributed by atoms with van der Waals surface area (Å²) in [6.45, 7) is 11.3. The molecule has 1 N–H and O–H groups in total. The topological polar surface area (TPSA) is 37.8 Å². The summed E-state index contributed by atoms with van der Waals surface area (Å²) in [5.41, 5.74) is 1.09. The van der Waals surface area contributed by atoms with Crippen molar-refractivity contribution in [3.63, 3.8) is 0 Å². The summed E-state index contributed by atoms with van der Waals surface area (Å²) in [6, 6.07) is 0. The monoisotopic (exact) mass is 207 g/mol. The van der Waals surface area contributed by atoms with Gasteiger partial charge in [0.05, 0.1) is 6.54 Å². The van der Waals surface area contributed by atoms with Crippen molar-refractivity contribution < 1.29 is 0 Å². The Labute approximate surface area is 92.7 Å². The van der Waals surface area contributed by atoms with Gasteiger partial charge in [0, 0.05) is 12.4 Å². The van der Waals surface area contributed by atoms with Crippen LogP contribution in [0.15, 0.2) is 25.0 Å². The average molecular weight is 207 g/mol. The molecule has 15 heavy (non-hydrogen) atoms. The van der Waals surface area contributed by atoms with Crippen LogP contribution in [0.3, 0.4) is 0 Å². The summed E-state index contributed by atoms with van der Waals surface area (Å²) in [5.74, 6) is 0.842. The Kier molecular flexibility index (Phi) is 8.58. The normalized spacial score (nSPS) is 9.00. The lowest BCUT2D eigenvalue weighted by molar-refractivity contribution is 0.665. The Balaban J connectivity index is 0.000000921. The third-order valence-electron chi connectivity index (χ3n) is 1.64. The molecule has 1 rings (SSSR count). The third-order valence-corrected chi connectivity index (χ3v) is 1.64. The van der Waals surface area contributed by atoms with Gasteiger partial charge in [0.2, 0.25) is 0 Å². The van der Waals surface area contributed by atoms with Crippen molar-refractivity contribution >= 4 is 0 Å². The van der Waals surface area contributed by atoms with Crippen molar-refractivity contribution in [2.45, 2.75) is 33.7 Å². The van der Waals surface area contributed by atoms with Crippen LogP contribution in [0.1, 0.15) is 31.7 Å². The van der Waals surface area contributed by atoms with Crippen LogP contribution in [0.2, 0.25) is 0 Å². The molecule has 3 nitrogen and oxygen atoms in total. The zero-order valence-corrected chi connectivity index (χ0v) is 9.95. The largest absolute Gasteiger partial charge is 0.310 e. The van der Waals surface area contributed by atoms with Gasteiger partial charge < -0.3 is 5.32 Å². The lowest BCUT2D eigenvalue weighted by atomic mass is 10.4. The highest BCUT2D eigenvalue weighted by Crippen LogP contribution is 1.92. The van der Waals surface area contributed by atoms with Crippen molar-refractivity contribution in [1.29, 1.82) is 0 Å². The predicted octanol–water partition coefficient (Wildman–Crippen LogP) is 2.48. The van der Waals surface area contributed by atoms with E-state index in [1.54, 1.807) is 0 Å². The van der Waals surface area contributed by atoms with Gasteiger partial charge in [-0.15, -0.1) is 6.58 Å². The summed E-state index contributed by atoms with van der Waals surface area (Å²) in [7, 11) is 0. The Bertz CT molecular complexity index is 254. The molecule has 1 aromatic heterocycles. The lowest BCUT2D eigenvalue weighted by Crippen LogP contribution is -2.15. The fourth-order valence-electron chi connectivity index (χ4n) is 0.915. The fraction of sp³-hybridized carbons (Fsp3) is 0.500. The van der Waals surface area contributed by atoms with Crippen LogP contribution in [0.25, 0.3) is 0 Å². The second kappa shape index (κ2) is 9.34. The molecule has 0 aliphatic carbocycles. The first-order valence-electron chi connectivity index (χ1n) is 5.42. The molecule has 3 heteroatoms. The van der Waals surface area contributed by atoms with E-state index in [1.165, 1.54) is 0 Å². The van der Waals surface area contributed by atoms with Gasteiger partial charge in [0.1, 0.15) is 5.82 Å². The first-order valence-corrected chi connectivity index (χ1v) is 5.42. The number of nitrogens with one attached hydrogen (secondary N) is 1. The smallest absolute Gasteiger partial charge is 0.141 e. The van der Waals surface area contributed by atoms with Crippen LogP contribution >= 0.6 is 0 Å². The van der Waals surface area contributed by atoms with Gasteiger partial charge in [-0.2, -0.15) is 0 Å². The van der Waals surface area contributed by atoms with Crippen molar-refractivity contribution in [2.24, 2.45) is 0 Å². The first kappa shape index (κ1) is 13.8. The molecule has 0 spiro atoms. The molecular formula is C12H21N3. The summed E-state index contributed by atoms with van der Waals surface area (Å²) in [6.07, 6.45) is 6.53. The Morgan fingerprint density at radius 3 is 2.47 bits per heavy atom. The Morgan fingerprint density at radius 2 is 1.93 bits per heavy atom. The minimum atomic E-state index is 0.730. The Morgan fingerprint density at radius 1 is 1.33 bits per heavy atom. The van der Waals surface area contributed by atoms with Crippen LogP contribution in [-0.2, 0) is 6.54 Å². The van der Waals surface area contributed by atoms with E-state index in [0.29, 0.717) is 0 Å². The number of hydrogen-bond acceptors (Lipinski definition) is 3. The fourth-order valence-corrected chi connectivity index (χ4v) is 0.915. The van der Waals surface area contributed by atoms with E-state index >= 15 is 0 Å². The van der Waals surface area contributed by atoms with Crippen LogP contribution in [0.5, 0.6) is 0 Å². The molecule has 0 unspecified atom stereocenters. The van der Waals surface area contributed by atoms with Crippen molar-refractivity contribution in [1.82, 2.24) is 15.3 Å². The number of nitrogens with zero attached hydrogens (tertiary/aromatic N) is 2. The van der Waals surface area contributed by atoms with E-state index in [0.717, 1.165) is 30.9 Å². The molecule has 0 atom stereocenters. The van der Waals surface area contributed by atoms with Crippen molar-refractivity contribution in [3.05, 3.63) is 36.4 Å². The second-order valence-corrected chi connectivity index (χ2v) is 2.93. The van der Waals surface area contributed by atoms with E-state index in [2.05, 4.69) is 21.9 Å². The summed E-state index contributed by atoms with van der Waals surface area (Å²) in [5, 5.41) is 3.23. The standard InChI is InChI=1S/C10H15N3.C2H6/c1-3-4-5-11-8-10-12-6-9(2)7-13-10;1-2/h3,6-7,11H,1,4-5,8H2,2H3;1-2H3. The Hall–Kier alpha value is -1.22. The van der Waals surface area contributed by atoms with E-state index in [9.17, 15) is 0 Å². The SMILES string of the molecule is C=CCCNCc1ncc(C)cn1.CC. The molecule has 0 aromatic carbocycles. The second-order valence-electron chi connectivity index (χ2n) is 2.93. The van der Waals surface area contributed by atoms with E-state index in [4.69, 9.17) is 0 Å². The van der Waals surface area contributed by atoms with E-state index in [-0.39, 0.29) is 0 Å². The van der Waals surface area contributed by atoms with Crippen LogP contribution in [-0.4, -0.2) is 16.5 Å². The molecule has 0 saturated carbocycles. The summed E-state index contributed by atoms with van der Waals surface area (Å²) >= 11 is 0. The number of rotatable bonds is 5. The number of aromatic nitrogens is 2. The molecule has 84 valence electrons. The van der Waals surface area contributed by atoms with E-state index < -0.39 is 0 Å². The predicted molar refractivity (Wildman–Crippen MR) is 64.6 cm³/mol. The van der Waals surface area contributed by atoms with Crippen molar-refractivity contribution in [3.8, 4) is 0 Å². The van der Waals surface area contributed by atoms with Crippen LogP contribution in [0, 0.1) is 6.92 Å². The van der Waals surface area contributed by atoms with Gasteiger partial charge in [-0.25, -0.2) is 9.97 Å². The quantitative estimate of drug-likeness (QED) is 0.595. The highest BCUT2D eigenvalue weighted by Gasteiger charge is 1.93. The minimum Gasteiger partial charge on any atom is -0.310 e. The third kappa shape index (κ3) is 6.80. The highest BCUT2D eigenvalue weighted by molar-refractivity contribution is 5.01. The van der Waals surface area contributed by atoms with Gasteiger partial charge in [-0.05, 0) is 25.5 Å². The van der Waals surface area contributed by atoms with Crippen molar-refractivity contribution in [2.75, 3.05) is 6.54 Å². The molecule has 0 saturated heterocycles. The molecule has 0 amide bonds.